The number of unbranched alkanes of at least 4 members (excludes halogenated alkanes) is 9. The van der Waals surface area contributed by atoms with Gasteiger partial charge < -0.3 is 19.6 Å². The second-order valence-electron chi connectivity index (χ2n) is 7.19. The van der Waals surface area contributed by atoms with Gasteiger partial charge in [0.15, 0.2) is 0 Å². The van der Waals surface area contributed by atoms with Crippen LogP contribution < -0.4 is 0 Å². The SMILES string of the molecule is CCCCCCCCCCCCOP(=O)(O)O.CN(C)C.CN(C)C. The van der Waals surface area contributed by atoms with Gasteiger partial charge in [0, 0.05) is 0 Å². The molecular formula is C18H45N2O4P. The number of nitrogens with zero attached hydrogens (tertiary/aromatic N) is 2. The standard InChI is InChI=1S/C12H27O4P.2C3H9N/c1-2-3-4-5-6-7-8-9-10-11-12-16-17(13,14)15;2*1-4(2)3/h2-12H2,1H3,(H2,13,14,15);2*1-3H3. The highest BCUT2D eigenvalue weighted by Gasteiger charge is 2.12. The zero-order chi connectivity index (χ0) is 20.1. The van der Waals surface area contributed by atoms with Gasteiger partial charge in [-0.2, -0.15) is 0 Å². The van der Waals surface area contributed by atoms with Crippen LogP contribution in [0.2, 0.25) is 0 Å². The Hall–Kier alpha value is 0.0300. The van der Waals surface area contributed by atoms with Crippen LogP contribution in [0, 0.1) is 0 Å². The first kappa shape index (κ1) is 29.8. The number of hydrogen-bond acceptors (Lipinski definition) is 4. The summed E-state index contributed by atoms with van der Waals surface area (Å²) in [6, 6.07) is 0. The van der Waals surface area contributed by atoms with E-state index >= 15 is 0 Å². The van der Waals surface area contributed by atoms with Crippen molar-refractivity contribution in [3.05, 3.63) is 0 Å². The normalized spacial score (nSPS) is 11.0. The van der Waals surface area contributed by atoms with E-state index in [0.717, 1.165) is 19.3 Å². The van der Waals surface area contributed by atoms with Gasteiger partial charge in [-0.3, -0.25) is 4.52 Å². The zero-order valence-electron chi connectivity index (χ0n) is 17.8. The monoisotopic (exact) mass is 384 g/mol. The summed E-state index contributed by atoms with van der Waals surface area (Å²) < 4.78 is 14.7. The number of phosphoric ester groups is 1. The quantitative estimate of drug-likeness (QED) is 0.384. The molecule has 156 valence electrons. The fourth-order valence-corrected chi connectivity index (χ4v) is 2.14. The molecule has 0 aromatic heterocycles. The first-order valence-electron chi connectivity index (χ1n) is 9.44. The minimum Gasteiger partial charge on any atom is -0.312 e. The van der Waals surface area contributed by atoms with Crippen molar-refractivity contribution in [1.29, 1.82) is 0 Å². The Balaban J connectivity index is -0.000000503. The van der Waals surface area contributed by atoms with E-state index in [1.807, 2.05) is 52.1 Å². The van der Waals surface area contributed by atoms with Crippen LogP contribution in [0.25, 0.3) is 0 Å². The van der Waals surface area contributed by atoms with Crippen LogP contribution in [0.3, 0.4) is 0 Å². The molecular weight excluding hydrogens is 339 g/mol. The second-order valence-corrected chi connectivity index (χ2v) is 8.43. The van der Waals surface area contributed by atoms with Crippen LogP contribution in [-0.2, 0) is 9.09 Å². The van der Waals surface area contributed by atoms with Gasteiger partial charge in [0.25, 0.3) is 0 Å². The molecule has 0 aromatic rings. The Morgan fingerprint density at radius 2 is 0.960 bits per heavy atom. The smallest absolute Gasteiger partial charge is 0.312 e. The average Bonchev–Trinajstić information content (AvgIpc) is 2.42. The molecule has 0 bridgehead atoms. The Bertz CT molecular complexity index is 273. The van der Waals surface area contributed by atoms with Crippen LogP contribution in [-0.4, -0.2) is 68.5 Å². The van der Waals surface area contributed by atoms with Gasteiger partial charge in [0.1, 0.15) is 0 Å². The third-order valence-corrected chi connectivity index (χ3v) is 3.28. The molecule has 0 heterocycles. The molecule has 0 aliphatic rings. The fraction of sp³-hybridized carbons (Fsp3) is 1.00. The summed E-state index contributed by atoms with van der Waals surface area (Å²) in [6.45, 7) is 2.39. The van der Waals surface area contributed by atoms with Crippen LogP contribution in [0.15, 0.2) is 0 Å². The van der Waals surface area contributed by atoms with Crippen LogP contribution >= 0.6 is 7.82 Å². The first-order chi connectivity index (χ1) is 11.5. The van der Waals surface area contributed by atoms with Crippen molar-refractivity contribution in [1.82, 2.24) is 9.80 Å². The molecule has 0 aromatic carbocycles. The molecule has 7 heteroatoms. The van der Waals surface area contributed by atoms with Crippen molar-refractivity contribution in [3.63, 3.8) is 0 Å². The maximum absolute atomic E-state index is 10.4. The topological polar surface area (TPSA) is 73.2 Å². The van der Waals surface area contributed by atoms with Gasteiger partial charge in [-0.15, -0.1) is 0 Å². The highest BCUT2D eigenvalue weighted by molar-refractivity contribution is 7.46. The van der Waals surface area contributed by atoms with E-state index in [2.05, 4.69) is 11.4 Å². The molecule has 0 fully saturated rings. The molecule has 0 atom stereocenters. The molecule has 0 rings (SSSR count). The summed E-state index contributed by atoms with van der Waals surface area (Å²) in [5, 5.41) is 0. The van der Waals surface area contributed by atoms with Crippen molar-refractivity contribution in [2.45, 2.75) is 71.1 Å². The number of phosphoric acid groups is 1. The van der Waals surface area contributed by atoms with Crippen LogP contribution in [0.4, 0.5) is 0 Å². The van der Waals surface area contributed by atoms with Gasteiger partial charge in [0.05, 0.1) is 6.61 Å². The van der Waals surface area contributed by atoms with E-state index in [4.69, 9.17) is 9.79 Å². The van der Waals surface area contributed by atoms with Crippen molar-refractivity contribution in [2.75, 3.05) is 48.9 Å². The summed E-state index contributed by atoms with van der Waals surface area (Å²) >= 11 is 0. The highest BCUT2D eigenvalue weighted by atomic mass is 31.2. The van der Waals surface area contributed by atoms with E-state index in [-0.39, 0.29) is 6.61 Å². The highest BCUT2D eigenvalue weighted by Crippen LogP contribution is 2.35. The van der Waals surface area contributed by atoms with Gasteiger partial charge in [-0.25, -0.2) is 4.57 Å². The largest absolute Gasteiger partial charge is 0.469 e. The lowest BCUT2D eigenvalue weighted by molar-refractivity contribution is 0.193. The lowest BCUT2D eigenvalue weighted by Crippen LogP contribution is -1.99. The molecule has 0 radical (unpaired) electrons. The van der Waals surface area contributed by atoms with E-state index < -0.39 is 7.82 Å². The van der Waals surface area contributed by atoms with Crippen molar-refractivity contribution < 1.29 is 18.9 Å². The summed E-state index contributed by atoms with van der Waals surface area (Å²) in [7, 11) is 7.76. The van der Waals surface area contributed by atoms with Gasteiger partial charge in [0.2, 0.25) is 0 Å². The molecule has 0 saturated carbocycles. The molecule has 25 heavy (non-hydrogen) atoms. The fourth-order valence-electron chi connectivity index (χ4n) is 1.77. The number of rotatable bonds is 12. The maximum Gasteiger partial charge on any atom is 0.469 e. The first-order valence-corrected chi connectivity index (χ1v) is 11.0. The molecule has 0 amide bonds. The lowest BCUT2D eigenvalue weighted by atomic mass is 10.1. The van der Waals surface area contributed by atoms with Crippen LogP contribution in [0.5, 0.6) is 0 Å². The Morgan fingerprint density at radius 1 is 0.680 bits per heavy atom. The Kier molecular flexibility index (Phi) is 26.3. The average molecular weight is 385 g/mol. The van der Waals surface area contributed by atoms with Crippen LogP contribution in [0.1, 0.15) is 71.1 Å². The van der Waals surface area contributed by atoms with E-state index in [1.54, 1.807) is 0 Å². The summed E-state index contributed by atoms with van der Waals surface area (Å²) in [4.78, 5) is 20.9. The van der Waals surface area contributed by atoms with Crippen molar-refractivity contribution >= 4 is 7.82 Å². The van der Waals surface area contributed by atoms with Gasteiger partial charge in [-0.05, 0) is 48.7 Å². The summed E-state index contributed by atoms with van der Waals surface area (Å²) in [6.07, 6.45) is 12.0. The number of hydrogen-bond donors (Lipinski definition) is 2. The van der Waals surface area contributed by atoms with E-state index in [9.17, 15) is 4.57 Å². The van der Waals surface area contributed by atoms with Gasteiger partial charge in [-0.1, -0.05) is 64.7 Å². The molecule has 0 spiro atoms. The Labute approximate surface area is 157 Å². The minimum absolute atomic E-state index is 0.167. The van der Waals surface area contributed by atoms with Gasteiger partial charge >= 0.3 is 7.82 Å². The Morgan fingerprint density at radius 3 is 1.24 bits per heavy atom. The predicted molar refractivity (Wildman–Crippen MR) is 109 cm³/mol. The lowest BCUT2D eigenvalue weighted by Gasteiger charge is -2.05. The third-order valence-electron chi connectivity index (χ3n) is 2.76. The van der Waals surface area contributed by atoms with E-state index in [0.29, 0.717) is 0 Å². The zero-order valence-corrected chi connectivity index (χ0v) is 18.7. The molecule has 0 aliphatic carbocycles. The summed E-state index contributed by atoms with van der Waals surface area (Å²) in [5.74, 6) is 0. The molecule has 0 saturated heterocycles. The molecule has 2 N–H and O–H groups in total. The predicted octanol–water partition coefficient (Wildman–Crippen LogP) is 4.37. The molecule has 6 nitrogen and oxygen atoms in total. The molecule has 0 aliphatic heterocycles. The molecule has 0 unspecified atom stereocenters. The van der Waals surface area contributed by atoms with Crippen molar-refractivity contribution in [2.24, 2.45) is 0 Å². The second kappa shape index (κ2) is 22.1. The van der Waals surface area contributed by atoms with E-state index in [1.165, 1.54) is 44.9 Å². The third kappa shape index (κ3) is 59.2. The maximum atomic E-state index is 10.4. The van der Waals surface area contributed by atoms with Crippen molar-refractivity contribution in [3.8, 4) is 0 Å². The summed E-state index contributed by atoms with van der Waals surface area (Å²) in [5.41, 5.74) is 0. The minimum atomic E-state index is -4.24.